The maximum absolute atomic E-state index is 12.5. The van der Waals surface area contributed by atoms with Gasteiger partial charge in [0.2, 0.25) is 5.91 Å². The highest BCUT2D eigenvalue weighted by Crippen LogP contribution is 2.18. The summed E-state index contributed by atoms with van der Waals surface area (Å²) in [5.41, 5.74) is 1.49. The molecule has 1 fully saturated rings. The van der Waals surface area contributed by atoms with Gasteiger partial charge < -0.3 is 20.3 Å². The summed E-state index contributed by atoms with van der Waals surface area (Å²) in [6.07, 6.45) is 0.967. The lowest BCUT2D eigenvalue weighted by atomic mass is 10.1. The molecule has 0 aliphatic carbocycles. The molecular weight excluding hydrogens is 332 g/mol. The molecule has 0 unspecified atom stereocenters. The summed E-state index contributed by atoms with van der Waals surface area (Å²) in [6, 6.07) is 6.98. The van der Waals surface area contributed by atoms with Crippen LogP contribution in [-0.2, 0) is 9.53 Å². The molecule has 1 saturated heterocycles. The molecule has 144 valence electrons. The van der Waals surface area contributed by atoms with Gasteiger partial charge in [0.25, 0.3) is 0 Å². The number of benzene rings is 1. The average molecular weight is 362 g/mol. The molecular formula is C19H30N4O3. The number of urea groups is 1. The molecule has 0 spiro atoms. The Labute approximate surface area is 155 Å². The first-order valence-electron chi connectivity index (χ1n) is 8.99. The fourth-order valence-electron chi connectivity index (χ4n) is 2.96. The summed E-state index contributed by atoms with van der Waals surface area (Å²) in [7, 11) is 1.47. The number of amides is 3. The minimum atomic E-state index is -0.211. The second-order valence-electron chi connectivity index (χ2n) is 7.49. The van der Waals surface area contributed by atoms with Crippen LogP contribution in [0.3, 0.4) is 0 Å². The molecule has 7 heteroatoms. The number of rotatable bonds is 4. The van der Waals surface area contributed by atoms with Crippen molar-refractivity contribution in [1.29, 1.82) is 0 Å². The first-order chi connectivity index (χ1) is 12.3. The van der Waals surface area contributed by atoms with Crippen LogP contribution in [0.2, 0.25) is 0 Å². The van der Waals surface area contributed by atoms with Crippen LogP contribution in [0.25, 0.3) is 0 Å². The van der Waals surface area contributed by atoms with Gasteiger partial charge >= 0.3 is 6.03 Å². The molecule has 1 heterocycles. The Morgan fingerprint density at radius 2 is 1.62 bits per heavy atom. The number of carbonyl (C=O) groups is 2. The van der Waals surface area contributed by atoms with Gasteiger partial charge in [0.15, 0.2) is 0 Å². The molecule has 3 amide bonds. The number of methoxy groups -OCH3 is 1. The van der Waals surface area contributed by atoms with Gasteiger partial charge in [-0.25, -0.2) is 4.79 Å². The zero-order valence-corrected chi connectivity index (χ0v) is 16.2. The monoisotopic (exact) mass is 362 g/mol. The van der Waals surface area contributed by atoms with Crippen LogP contribution in [0, 0.1) is 0 Å². The maximum atomic E-state index is 12.5. The van der Waals surface area contributed by atoms with Crippen LogP contribution in [0.4, 0.5) is 16.2 Å². The third-order valence-corrected chi connectivity index (χ3v) is 4.43. The number of hydrogen-bond donors (Lipinski definition) is 2. The lowest BCUT2D eigenvalue weighted by Gasteiger charge is -2.34. The van der Waals surface area contributed by atoms with Gasteiger partial charge in [-0.1, -0.05) is 0 Å². The van der Waals surface area contributed by atoms with E-state index in [2.05, 4.69) is 36.3 Å². The second-order valence-corrected chi connectivity index (χ2v) is 7.49. The molecule has 1 aliphatic heterocycles. The zero-order chi connectivity index (χ0) is 19.2. The van der Waals surface area contributed by atoms with Crippen molar-refractivity contribution in [2.24, 2.45) is 0 Å². The average Bonchev–Trinajstić information content (AvgIpc) is 2.83. The van der Waals surface area contributed by atoms with E-state index < -0.39 is 0 Å². The molecule has 26 heavy (non-hydrogen) atoms. The number of ether oxygens (including phenoxy) is 1. The maximum Gasteiger partial charge on any atom is 0.321 e. The van der Waals surface area contributed by atoms with Gasteiger partial charge in [-0.2, -0.15) is 0 Å². The Morgan fingerprint density at radius 1 is 1.00 bits per heavy atom. The van der Waals surface area contributed by atoms with Crippen molar-refractivity contribution in [3.63, 3.8) is 0 Å². The summed E-state index contributed by atoms with van der Waals surface area (Å²) in [5, 5.41) is 5.65. The lowest BCUT2D eigenvalue weighted by molar-refractivity contribution is -0.119. The van der Waals surface area contributed by atoms with Crippen molar-refractivity contribution < 1.29 is 14.3 Å². The van der Waals surface area contributed by atoms with E-state index in [1.807, 2.05) is 4.90 Å². The summed E-state index contributed by atoms with van der Waals surface area (Å²) < 4.78 is 4.78. The van der Waals surface area contributed by atoms with Crippen LogP contribution in [0.5, 0.6) is 0 Å². The Kier molecular flexibility index (Phi) is 6.99. The first kappa shape index (κ1) is 20.2. The van der Waals surface area contributed by atoms with E-state index >= 15 is 0 Å². The molecule has 0 aromatic heterocycles. The van der Waals surface area contributed by atoms with Crippen molar-refractivity contribution in [3.05, 3.63) is 24.3 Å². The van der Waals surface area contributed by atoms with E-state index in [-0.39, 0.29) is 24.1 Å². The minimum absolute atomic E-state index is 0.0129. The number of carbonyl (C=O) groups excluding carboxylic acids is 2. The third kappa shape index (κ3) is 6.00. The van der Waals surface area contributed by atoms with Crippen molar-refractivity contribution in [2.75, 3.05) is 50.5 Å². The summed E-state index contributed by atoms with van der Waals surface area (Å²) in [6.45, 7) is 9.97. The topological polar surface area (TPSA) is 73.9 Å². The molecule has 7 nitrogen and oxygen atoms in total. The molecule has 2 rings (SSSR count). The predicted molar refractivity (Wildman–Crippen MR) is 103 cm³/mol. The van der Waals surface area contributed by atoms with Gasteiger partial charge in [0.1, 0.15) is 6.61 Å². The van der Waals surface area contributed by atoms with Crippen molar-refractivity contribution in [1.82, 2.24) is 9.80 Å². The molecule has 0 radical (unpaired) electrons. The number of nitrogens with zero attached hydrogens (tertiary/aromatic N) is 2. The summed E-state index contributed by atoms with van der Waals surface area (Å²) in [5.74, 6) is -0.211. The Balaban J connectivity index is 1.88. The SMILES string of the molecule is COCC(=O)Nc1ccc(NC(=O)N2CCCN(C(C)(C)C)CC2)cc1. The van der Waals surface area contributed by atoms with Gasteiger partial charge in [-0.3, -0.25) is 9.69 Å². The highest BCUT2D eigenvalue weighted by molar-refractivity contribution is 5.93. The second kappa shape index (κ2) is 9.00. The number of hydrogen-bond acceptors (Lipinski definition) is 4. The van der Waals surface area contributed by atoms with E-state index in [0.717, 1.165) is 26.1 Å². The van der Waals surface area contributed by atoms with Crippen LogP contribution >= 0.6 is 0 Å². The van der Waals surface area contributed by atoms with Crippen molar-refractivity contribution in [3.8, 4) is 0 Å². The largest absolute Gasteiger partial charge is 0.375 e. The van der Waals surface area contributed by atoms with Crippen LogP contribution in [0.1, 0.15) is 27.2 Å². The number of anilines is 2. The van der Waals surface area contributed by atoms with Crippen LogP contribution in [-0.4, -0.2) is 67.2 Å². The Bertz CT molecular complexity index is 610. The minimum Gasteiger partial charge on any atom is -0.375 e. The summed E-state index contributed by atoms with van der Waals surface area (Å²) >= 11 is 0. The lowest BCUT2D eigenvalue weighted by Crippen LogP contribution is -2.44. The first-order valence-corrected chi connectivity index (χ1v) is 8.99. The number of nitrogens with one attached hydrogen (secondary N) is 2. The molecule has 0 atom stereocenters. The van der Waals surface area contributed by atoms with E-state index in [1.165, 1.54) is 7.11 Å². The Morgan fingerprint density at radius 3 is 2.19 bits per heavy atom. The smallest absolute Gasteiger partial charge is 0.321 e. The van der Waals surface area contributed by atoms with Gasteiger partial charge in [0.05, 0.1) is 0 Å². The molecule has 0 saturated carbocycles. The fourth-order valence-corrected chi connectivity index (χ4v) is 2.96. The molecule has 1 aromatic rings. The van der Waals surface area contributed by atoms with E-state index in [0.29, 0.717) is 17.9 Å². The molecule has 2 N–H and O–H groups in total. The molecule has 0 bridgehead atoms. The predicted octanol–water partition coefficient (Wildman–Crippen LogP) is 2.61. The van der Waals surface area contributed by atoms with E-state index in [1.54, 1.807) is 24.3 Å². The highest BCUT2D eigenvalue weighted by Gasteiger charge is 2.25. The van der Waals surface area contributed by atoms with E-state index in [9.17, 15) is 9.59 Å². The van der Waals surface area contributed by atoms with Crippen molar-refractivity contribution >= 4 is 23.3 Å². The van der Waals surface area contributed by atoms with Gasteiger partial charge in [-0.15, -0.1) is 0 Å². The highest BCUT2D eigenvalue weighted by atomic mass is 16.5. The molecule has 1 aliphatic rings. The fraction of sp³-hybridized carbons (Fsp3) is 0.579. The normalized spacial score (nSPS) is 16.1. The van der Waals surface area contributed by atoms with Gasteiger partial charge in [0, 0.05) is 50.2 Å². The quantitative estimate of drug-likeness (QED) is 0.863. The third-order valence-electron chi connectivity index (χ3n) is 4.43. The van der Waals surface area contributed by atoms with Gasteiger partial charge in [-0.05, 0) is 51.5 Å². The summed E-state index contributed by atoms with van der Waals surface area (Å²) in [4.78, 5) is 28.3. The van der Waals surface area contributed by atoms with Crippen LogP contribution < -0.4 is 10.6 Å². The van der Waals surface area contributed by atoms with Crippen molar-refractivity contribution in [2.45, 2.75) is 32.7 Å². The van der Waals surface area contributed by atoms with Crippen LogP contribution in [0.15, 0.2) is 24.3 Å². The zero-order valence-electron chi connectivity index (χ0n) is 16.2. The molecule has 1 aromatic carbocycles. The Hall–Kier alpha value is -2.12. The van der Waals surface area contributed by atoms with E-state index in [4.69, 9.17) is 4.74 Å². The standard InChI is InChI=1S/C19H30N4O3/c1-19(2,3)23-11-5-10-22(12-13-23)18(25)21-16-8-6-15(7-9-16)20-17(24)14-26-4/h6-9H,5,10-14H2,1-4H3,(H,20,24)(H,21,25).